The molecule has 2 aliphatic rings. The number of aromatic nitrogens is 3. The Bertz CT molecular complexity index is 2680. The fourth-order valence-corrected chi connectivity index (χ4v) is 11.7. The first-order chi connectivity index (χ1) is 35.2. The van der Waals surface area contributed by atoms with Crippen molar-refractivity contribution in [1.29, 1.82) is 0 Å². The van der Waals surface area contributed by atoms with Crippen molar-refractivity contribution in [3.63, 3.8) is 0 Å². The molecule has 0 spiro atoms. The molecule has 6 atom stereocenters. The summed E-state index contributed by atoms with van der Waals surface area (Å²) in [5.41, 5.74) is 25.3. The van der Waals surface area contributed by atoms with Crippen LogP contribution in [0.5, 0.6) is 0 Å². The molecule has 9 heteroatoms. The summed E-state index contributed by atoms with van der Waals surface area (Å²) >= 11 is 0. The topological polar surface area (TPSA) is 98.5 Å². The number of allylic oxidation sites excluding steroid dienone is 3. The minimum absolute atomic E-state index is 0.0498. The highest BCUT2D eigenvalue weighted by atomic mass is 15.5. The summed E-state index contributed by atoms with van der Waals surface area (Å²) < 4.78 is 0. The third-order valence-electron chi connectivity index (χ3n) is 15.8. The van der Waals surface area contributed by atoms with Gasteiger partial charge >= 0.3 is 0 Å². The summed E-state index contributed by atoms with van der Waals surface area (Å²) in [5.74, 6) is 8.65. The number of likely N-dealkylation sites (N-methyl/N-ethyl adjacent to an activating group) is 1. The van der Waals surface area contributed by atoms with Gasteiger partial charge in [0.05, 0.1) is 23.3 Å². The molecular formula is C65H91N9. The Balaban J connectivity index is 1.36. The molecule has 1 aliphatic carbocycles. The molecule has 2 aromatic carbocycles. The number of hydrazine groups is 1. The van der Waals surface area contributed by atoms with E-state index < -0.39 is 0 Å². The van der Waals surface area contributed by atoms with E-state index in [9.17, 15) is 0 Å². The standard InChI is InChI=1S/C65H91N9/c1-17-20-32-65(14,15)39-47(9)63(59-37-52(40-68-61(59)45(7)18-2)26-27-55-41-67-42-69-64(55)66)73(19-3)57-30-28-54(29-31-57)56-35-44(6)34-53(36-56)38-60(51(13)74-33-22-24-48(10)71-74)70-49(11)62(43(4)5)72(16)50(12)58-25-21-23-46(58)8/h17,28-31,34-37,40-43,45-46,48,58,60,62,70-71H,1,11-13,18-25,32-33,38-39H2,2-10,14-16H3,(H2,66,67,69)/b63-47+. The summed E-state index contributed by atoms with van der Waals surface area (Å²) in [5, 5.41) is 6.29. The Morgan fingerprint density at radius 3 is 2.35 bits per heavy atom. The molecule has 6 rings (SSSR count). The Morgan fingerprint density at radius 2 is 1.72 bits per heavy atom. The number of aryl methyl sites for hydroxylation is 1. The Kier molecular flexibility index (Phi) is 20.0. The number of rotatable bonds is 23. The molecule has 0 radical (unpaired) electrons. The lowest BCUT2D eigenvalue weighted by Gasteiger charge is -2.42. The number of nitrogens with zero attached hydrogens (tertiary/aromatic N) is 6. The van der Waals surface area contributed by atoms with Crippen LogP contribution in [-0.2, 0) is 6.42 Å². The molecule has 9 nitrogen and oxygen atoms in total. The third-order valence-corrected chi connectivity index (χ3v) is 15.8. The van der Waals surface area contributed by atoms with Crippen LogP contribution in [0.4, 0.5) is 11.5 Å². The molecule has 4 N–H and O–H groups in total. The second-order valence-electron chi connectivity index (χ2n) is 22.9. The van der Waals surface area contributed by atoms with E-state index in [2.05, 4.69) is 192 Å². The fraction of sp³-hybridized carbons (Fsp3) is 0.492. The molecule has 2 aromatic heterocycles. The van der Waals surface area contributed by atoms with Gasteiger partial charge in [0, 0.05) is 84.1 Å². The zero-order valence-corrected chi connectivity index (χ0v) is 47.5. The first-order valence-corrected chi connectivity index (χ1v) is 27.7. The van der Waals surface area contributed by atoms with Crippen molar-refractivity contribution in [2.45, 2.75) is 164 Å². The maximum Gasteiger partial charge on any atom is 0.142 e. The van der Waals surface area contributed by atoms with Crippen LogP contribution in [0.3, 0.4) is 0 Å². The van der Waals surface area contributed by atoms with E-state index in [0.29, 0.717) is 35.2 Å². The first-order valence-electron chi connectivity index (χ1n) is 27.7. The normalized spacial score (nSPS) is 18.4. The van der Waals surface area contributed by atoms with Gasteiger partial charge in [0.15, 0.2) is 0 Å². The van der Waals surface area contributed by atoms with Gasteiger partial charge in [-0.3, -0.25) is 4.98 Å². The Morgan fingerprint density at radius 1 is 0.973 bits per heavy atom. The molecular weight excluding hydrogens is 907 g/mol. The maximum absolute atomic E-state index is 6.18. The Labute approximate surface area is 448 Å². The highest BCUT2D eigenvalue weighted by molar-refractivity contribution is 5.84. The van der Waals surface area contributed by atoms with E-state index in [1.54, 1.807) is 6.20 Å². The number of anilines is 2. The summed E-state index contributed by atoms with van der Waals surface area (Å²) in [6, 6.07) is 18.8. The molecule has 3 heterocycles. The minimum Gasteiger partial charge on any atom is -0.383 e. The molecule has 396 valence electrons. The van der Waals surface area contributed by atoms with Gasteiger partial charge in [-0.25, -0.2) is 15.4 Å². The second-order valence-corrected chi connectivity index (χ2v) is 22.9. The molecule has 74 heavy (non-hydrogen) atoms. The highest BCUT2D eigenvalue weighted by Gasteiger charge is 2.34. The van der Waals surface area contributed by atoms with Crippen LogP contribution in [-0.4, -0.2) is 63.1 Å². The lowest BCUT2D eigenvalue weighted by molar-refractivity contribution is 0.149. The number of nitrogens with two attached hydrogens (primary N) is 1. The summed E-state index contributed by atoms with van der Waals surface area (Å²) in [4.78, 5) is 18.4. The number of nitrogen functional groups attached to an aromatic ring is 1. The van der Waals surface area contributed by atoms with Gasteiger partial charge in [0.25, 0.3) is 0 Å². The van der Waals surface area contributed by atoms with Crippen molar-refractivity contribution >= 4 is 17.2 Å². The van der Waals surface area contributed by atoms with Crippen molar-refractivity contribution in [2.24, 2.45) is 23.2 Å². The summed E-state index contributed by atoms with van der Waals surface area (Å²) in [6.45, 7) is 45.2. The zero-order chi connectivity index (χ0) is 53.9. The molecule has 0 bridgehead atoms. The molecule has 1 saturated heterocycles. The van der Waals surface area contributed by atoms with Crippen molar-refractivity contribution in [3.8, 4) is 23.0 Å². The largest absolute Gasteiger partial charge is 0.383 e. The van der Waals surface area contributed by atoms with Gasteiger partial charge in [-0.2, -0.15) is 0 Å². The van der Waals surface area contributed by atoms with Crippen molar-refractivity contribution in [3.05, 3.63) is 156 Å². The van der Waals surface area contributed by atoms with E-state index in [4.69, 9.17) is 23.9 Å². The molecule has 0 amide bonds. The number of hydrogen-bond acceptors (Lipinski definition) is 9. The van der Waals surface area contributed by atoms with E-state index in [0.717, 1.165) is 91.9 Å². The predicted molar refractivity (Wildman–Crippen MR) is 315 cm³/mol. The van der Waals surface area contributed by atoms with Crippen LogP contribution in [0.15, 0.2) is 122 Å². The quantitative estimate of drug-likeness (QED) is 0.0496. The maximum atomic E-state index is 6.18. The van der Waals surface area contributed by atoms with Crippen LogP contribution >= 0.6 is 0 Å². The van der Waals surface area contributed by atoms with Crippen molar-refractivity contribution < 1.29 is 0 Å². The van der Waals surface area contributed by atoms with E-state index in [-0.39, 0.29) is 23.4 Å². The third kappa shape index (κ3) is 14.4. The smallest absolute Gasteiger partial charge is 0.142 e. The van der Waals surface area contributed by atoms with Gasteiger partial charge in [-0.1, -0.05) is 135 Å². The zero-order valence-electron chi connectivity index (χ0n) is 47.5. The van der Waals surface area contributed by atoms with Gasteiger partial charge in [0.2, 0.25) is 0 Å². The van der Waals surface area contributed by atoms with Gasteiger partial charge < -0.3 is 25.9 Å². The van der Waals surface area contributed by atoms with Gasteiger partial charge in [0.1, 0.15) is 12.1 Å². The predicted octanol–water partition coefficient (Wildman–Crippen LogP) is 14.4. The summed E-state index contributed by atoms with van der Waals surface area (Å²) in [6.07, 6.45) is 17.7. The van der Waals surface area contributed by atoms with Crippen LogP contribution < -0.4 is 21.4 Å². The average Bonchev–Trinajstić information content (AvgIpc) is 3.81. The van der Waals surface area contributed by atoms with E-state index in [1.807, 2.05) is 12.3 Å². The monoisotopic (exact) mass is 998 g/mol. The van der Waals surface area contributed by atoms with E-state index >= 15 is 0 Å². The number of nitrogens with one attached hydrogen (secondary N) is 2. The van der Waals surface area contributed by atoms with Gasteiger partial charge in [-0.05, 0) is 143 Å². The number of benzene rings is 2. The van der Waals surface area contributed by atoms with Gasteiger partial charge in [-0.15, -0.1) is 6.58 Å². The number of hydrogen-bond donors (Lipinski definition) is 3. The summed E-state index contributed by atoms with van der Waals surface area (Å²) in [7, 11) is 2.22. The molecule has 6 unspecified atom stereocenters. The fourth-order valence-electron chi connectivity index (χ4n) is 11.7. The van der Waals surface area contributed by atoms with Crippen LogP contribution in [0, 0.1) is 41.9 Å². The van der Waals surface area contributed by atoms with Crippen LogP contribution in [0.1, 0.15) is 166 Å². The molecule has 1 saturated carbocycles. The minimum atomic E-state index is -0.0799. The lowest BCUT2D eigenvalue weighted by Crippen LogP contribution is -2.53. The highest BCUT2D eigenvalue weighted by Crippen LogP contribution is 2.41. The lowest BCUT2D eigenvalue weighted by atomic mass is 9.80. The molecule has 1 aliphatic heterocycles. The molecule has 2 fully saturated rings. The SMILES string of the molecule is C=CCCC(C)(C)C/C(C)=C(\c1cc(C#Cc2cncnc2N)cnc1C(C)CC)N(CC)c1ccc(-c2cc(C)cc(CC(NC(=C)C(C(C)C)N(C)C(=C)C3CCCC3C)C(=C)N3CCCC(C)N3)c2)cc1. The average molecular weight is 999 g/mol. The first kappa shape index (κ1) is 57.2. The Hall–Kier alpha value is -6.11. The van der Waals surface area contributed by atoms with Crippen LogP contribution in [0.25, 0.3) is 16.8 Å². The molecule has 4 aromatic rings. The van der Waals surface area contributed by atoms with Crippen molar-refractivity contribution in [1.82, 2.24) is 35.6 Å². The second kappa shape index (κ2) is 25.9. The number of pyridine rings is 1. The van der Waals surface area contributed by atoms with Crippen LogP contribution in [0.2, 0.25) is 0 Å². The van der Waals surface area contributed by atoms with Crippen molar-refractivity contribution in [2.75, 3.05) is 30.8 Å². The van der Waals surface area contributed by atoms with E-state index in [1.165, 1.54) is 64.8 Å².